The average Bonchev–Trinajstić information content (AvgIpc) is 2.35. The van der Waals surface area contributed by atoms with E-state index in [9.17, 15) is 4.79 Å². The molecule has 0 heterocycles. The maximum atomic E-state index is 11.3. The first-order valence-corrected chi connectivity index (χ1v) is 6.67. The topological polar surface area (TPSA) is 26.3 Å². The Morgan fingerprint density at radius 1 is 1.12 bits per heavy atom. The van der Waals surface area contributed by atoms with Gasteiger partial charge in [-0.1, -0.05) is 38.0 Å². The van der Waals surface area contributed by atoms with Crippen LogP contribution in [0.25, 0.3) is 0 Å². The van der Waals surface area contributed by atoms with Gasteiger partial charge in [-0.15, -0.1) is 0 Å². The molecule has 0 N–H and O–H groups in total. The first kappa shape index (κ1) is 16.0. The number of allylic oxidation sites excluding steroid dienone is 3. The van der Waals surface area contributed by atoms with E-state index in [1.54, 1.807) is 13.0 Å². The second-order valence-corrected chi connectivity index (χ2v) is 4.19. The van der Waals surface area contributed by atoms with Gasteiger partial charge in [-0.2, -0.15) is 0 Å². The van der Waals surface area contributed by atoms with Crippen molar-refractivity contribution >= 4 is 5.97 Å². The molecule has 0 radical (unpaired) electrons. The lowest BCUT2D eigenvalue weighted by Gasteiger charge is -2.04. The summed E-state index contributed by atoms with van der Waals surface area (Å²) >= 11 is 0. The van der Waals surface area contributed by atoms with Crippen molar-refractivity contribution in [3.05, 3.63) is 23.8 Å². The predicted molar refractivity (Wildman–Crippen MR) is 72.9 cm³/mol. The average molecular weight is 238 g/mol. The van der Waals surface area contributed by atoms with Gasteiger partial charge >= 0.3 is 5.97 Å². The molecule has 2 heteroatoms. The monoisotopic (exact) mass is 238 g/mol. The molecule has 0 fully saturated rings. The van der Waals surface area contributed by atoms with E-state index in [2.05, 4.69) is 19.1 Å². The van der Waals surface area contributed by atoms with Crippen molar-refractivity contribution in [2.75, 3.05) is 6.61 Å². The number of hydrogen-bond donors (Lipinski definition) is 0. The lowest BCUT2D eigenvalue weighted by molar-refractivity contribution is -0.139. The number of esters is 1. The van der Waals surface area contributed by atoms with Crippen LogP contribution in [-0.4, -0.2) is 12.6 Å². The Morgan fingerprint density at radius 3 is 2.47 bits per heavy atom. The Kier molecular flexibility index (Phi) is 10.7. The van der Waals surface area contributed by atoms with Gasteiger partial charge in [0.15, 0.2) is 0 Å². The van der Waals surface area contributed by atoms with Crippen LogP contribution in [0.4, 0.5) is 0 Å². The van der Waals surface area contributed by atoms with Crippen LogP contribution in [-0.2, 0) is 9.53 Å². The molecule has 0 spiro atoms. The molecule has 0 aromatic heterocycles. The minimum absolute atomic E-state index is 0.182. The lowest BCUT2D eigenvalue weighted by atomic mass is 10.1. The van der Waals surface area contributed by atoms with E-state index in [-0.39, 0.29) is 5.97 Å². The van der Waals surface area contributed by atoms with Gasteiger partial charge in [0.1, 0.15) is 0 Å². The molecule has 17 heavy (non-hydrogen) atoms. The minimum atomic E-state index is -0.182. The molecule has 0 saturated carbocycles. The second kappa shape index (κ2) is 11.4. The molecule has 0 unspecified atom stereocenters. The van der Waals surface area contributed by atoms with Crippen LogP contribution in [0.5, 0.6) is 0 Å². The first-order chi connectivity index (χ1) is 8.22. The maximum absolute atomic E-state index is 11.3. The van der Waals surface area contributed by atoms with Gasteiger partial charge in [0.05, 0.1) is 6.61 Å². The first-order valence-electron chi connectivity index (χ1n) is 6.67. The normalized spacial score (nSPS) is 12.1. The molecule has 0 aromatic carbocycles. The Bertz CT molecular complexity index is 252. The van der Waals surface area contributed by atoms with Crippen LogP contribution in [0, 0.1) is 0 Å². The SMILES string of the molecule is C/C=C(\C)C(=O)OCCCCCC/C=C/CC. The molecule has 0 aromatic rings. The molecule has 0 saturated heterocycles. The van der Waals surface area contributed by atoms with Crippen molar-refractivity contribution < 1.29 is 9.53 Å². The van der Waals surface area contributed by atoms with E-state index in [0.717, 1.165) is 19.3 Å². The van der Waals surface area contributed by atoms with E-state index >= 15 is 0 Å². The predicted octanol–water partition coefficient (Wildman–Crippen LogP) is 4.41. The molecule has 0 aliphatic heterocycles. The third kappa shape index (κ3) is 9.86. The summed E-state index contributed by atoms with van der Waals surface area (Å²) in [4.78, 5) is 11.3. The number of unbranched alkanes of at least 4 members (excludes halogenated alkanes) is 4. The summed E-state index contributed by atoms with van der Waals surface area (Å²) in [7, 11) is 0. The molecule has 0 aliphatic rings. The summed E-state index contributed by atoms with van der Waals surface area (Å²) in [6, 6.07) is 0. The summed E-state index contributed by atoms with van der Waals surface area (Å²) in [5, 5.41) is 0. The van der Waals surface area contributed by atoms with Crippen molar-refractivity contribution in [3.8, 4) is 0 Å². The van der Waals surface area contributed by atoms with Crippen molar-refractivity contribution in [2.24, 2.45) is 0 Å². The van der Waals surface area contributed by atoms with Gasteiger partial charge in [-0.05, 0) is 39.5 Å². The molecule has 0 bridgehead atoms. The van der Waals surface area contributed by atoms with Crippen LogP contribution in [0.1, 0.15) is 59.3 Å². The van der Waals surface area contributed by atoms with E-state index in [1.807, 2.05) is 6.92 Å². The van der Waals surface area contributed by atoms with Crippen molar-refractivity contribution in [1.82, 2.24) is 0 Å². The summed E-state index contributed by atoms with van der Waals surface area (Å²) in [6.45, 7) is 6.33. The number of ether oxygens (including phenoxy) is 1. The molecule has 0 aliphatic carbocycles. The van der Waals surface area contributed by atoms with Gasteiger partial charge in [-0.25, -0.2) is 4.79 Å². The molecule has 98 valence electrons. The van der Waals surface area contributed by atoms with Crippen molar-refractivity contribution in [1.29, 1.82) is 0 Å². The van der Waals surface area contributed by atoms with Gasteiger partial charge in [0.25, 0.3) is 0 Å². The molecule has 0 atom stereocenters. The second-order valence-electron chi connectivity index (χ2n) is 4.19. The van der Waals surface area contributed by atoms with Crippen LogP contribution in [0.15, 0.2) is 23.8 Å². The smallest absolute Gasteiger partial charge is 0.333 e. The Labute approximate surface area is 106 Å². The van der Waals surface area contributed by atoms with Crippen molar-refractivity contribution in [2.45, 2.75) is 59.3 Å². The molecule has 0 rings (SSSR count). The van der Waals surface area contributed by atoms with Crippen LogP contribution >= 0.6 is 0 Å². The number of hydrogen-bond acceptors (Lipinski definition) is 2. The minimum Gasteiger partial charge on any atom is -0.462 e. The highest BCUT2D eigenvalue weighted by atomic mass is 16.5. The third-order valence-electron chi connectivity index (χ3n) is 2.66. The van der Waals surface area contributed by atoms with Crippen LogP contribution < -0.4 is 0 Å². The number of carbonyl (C=O) groups is 1. The zero-order valence-electron chi connectivity index (χ0n) is 11.5. The zero-order valence-corrected chi connectivity index (χ0v) is 11.5. The maximum Gasteiger partial charge on any atom is 0.333 e. The van der Waals surface area contributed by atoms with Gasteiger partial charge in [-0.3, -0.25) is 0 Å². The summed E-state index contributed by atoms with van der Waals surface area (Å²) in [5.74, 6) is -0.182. The zero-order chi connectivity index (χ0) is 12.9. The number of carbonyl (C=O) groups excluding carboxylic acids is 1. The molecule has 2 nitrogen and oxygen atoms in total. The van der Waals surface area contributed by atoms with Crippen LogP contribution in [0.3, 0.4) is 0 Å². The fourth-order valence-corrected chi connectivity index (χ4v) is 1.40. The molecular weight excluding hydrogens is 212 g/mol. The summed E-state index contributed by atoms with van der Waals surface area (Å²) in [6.07, 6.45) is 13.1. The molecular formula is C15H26O2. The highest BCUT2D eigenvalue weighted by Gasteiger charge is 2.02. The summed E-state index contributed by atoms with van der Waals surface area (Å²) in [5.41, 5.74) is 0.690. The van der Waals surface area contributed by atoms with Crippen LogP contribution in [0.2, 0.25) is 0 Å². The van der Waals surface area contributed by atoms with E-state index in [4.69, 9.17) is 4.74 Å². The van der Waals surface area contributed by atoms with E-state index in [0.29, 0.717) is 12.2 Å². The van der Waals surface area contributed by atoms with E-state index < -0.39 is 0 Å². The van der Waals surface area contributed by atoms with Crippen molar-refractivity contribution in [3.63, 3.8) is 0 Å². The third-order valence-corrected chi connectivity index (χ3v) is 2.66. The molecule has 0 amide bonds. The largest absolute Gasteiger partial charge is 0.462 e. The Balaban J connectivity index is 3.30. The quantitative estimate of drug-likeness (QED) is 0.257. The van der Waals surface area contributed by atoms with Gasteiger partial charge in [0, 0.05) is 5.57 Å². The van der Waals surface area contributed by atoms with E-state index in [1.165, 1.54) is 19.3 Å². The summed E-state index contributed by atoms with van der Waals surface area (Å²) < 4.78 is 5.12. The Hall–Kier alpha value is -1.05. The van der Waals surface area contributed by atoms with Gasteiger partial charge < -0.3 is 4.74 Å². The highest BCUT2D eigenvalue weighted by molar-refractivity contribution is 5.87. The lowest BCUT2D eigenvalue weighted by Crippen LogP contribution is -2.06. The number of rotatable bonds is 9. The fourth-order valence-electron chi connectivity index (χ4n) is 1.40. The highest BCUT2D eigenvalue weighted by Crippen LogP contribution is 2.05. The Morgan fingerprint density at radius 2 is 1.82 bits per heavy atom. The standard InChI is InChI=1S/C15H26O2/c1-4-6-7-8-9-10-11-12-13-17-15(16)14(3)5-2/h5-7H,4,8-13H2,1-3H3/b7-6+,14-5+. The fraction of sp³-hybridized carbons (Fsp3) is 0.667. The van der Waals surface area contributed by atoms with Gasteiger partial charge in [0.2, 0.25) is 0 Å².